The number of hydrogen-bond donors (Lipinski definition) is 2. The molecule has 0 radical (unpaired) electrons. The first-order valence-electron chi connectivity index (χ1n) is 7.80. The van der Waals surface area contributed by atoms with Crippen LogP contribution >= 0.6 is 11.8 Å². The fourth-order valence-corrected chi connectivity index (χ4v) is 3.00. The van der Waals surface area contributed by atoms with Gasteiger partial charge in [-0.1, -0.05) is 48.0 Å². The lowest BCUT2D eigenvalue weighted by atomic mass is 10.0. The zero-order chi connectivity index (χ0) is 17.4. The number of thioether (sulfide) groups is 1. The van der Waals surface area contributed by atoms with E-state index in [0.717, 1.165) is 10.5 Å². The molecule has 0 bridgehead atoms. The lowest BCUT2D eigenvalue weighted by molar-refractivity contribution is -0.137. The Morgan fingerprint density at radius 2 is 1.75 bits per heavy atom. The SMILES string of the molecule is Cc1ccc(SCC(=O)NC(CCC(=O)O)c2ccccc2)cc1. The number of hydrogen-bond acceptors (Lipinski definition) is 3. The molecule has 4 nitrogen and oxygen atoms in total. The van der Waals surface area contributed by atoms with E-state index in [0.29, 0.717) is 12.2 Å². The summed E-state index contributed by atoms with van der Waals surface area (Å²) in [4.78, 5) is 24.1. The molecular weight excluding hydrogens is 322 g/mol. The van der Waals surface area contributed by atoms with Gasteiger partial charge in [0.05, 0.1) is 11.8 Å². The Bertz CT molecular complexity index is 671. The van der Waals surface area contributed by atoms with Gasteiger partial charge in [0.15, 0.2) is 0 Å². The van der Waals surface area contributed by atoms with Crippen molar-refractivity contribution in [1.82, 2.24) is 5.32 Å². The van der Waals surface area contributed by atoms with Gasteiger partial charge in [-0.2, -0.15) is 0 Å². The molecule has 24 heavy (non-hydrogen) atoms. The molecule has 2 aromatic carbocycles. The lowest BCUT2D eigenvalue weighted by Gasteiger charge is -2.18. The molecule has 0 saturated carbocycles. The van der Waals surface area contributed by atoms with Crippen LogP contribution in [0.2, 0.25) is 0 Å². The van der Waals surface area contributed by atoms with Gasteiger partial charge in [-0.15, -0.1) is 11.8 Å². The summed E-state index contributed by atoms with van der Waals surface area (Å²) in [6, 6.07) is 17.2. The molecule has 0 aliphatic carbocycles. The van der Waals surface area contributed by atoms with Crippen molar-refractivity contribution in [2.75, 3.05) is 5.75 Å². The number of carbonyl (C=O) groups excluding carboxylic acids is 1. The molecule has 0 aromatic heterocycles. The highest BCUT2D eigenvalue weighted by Gasteiger charge is 2.16. The molecule has 126 valence electrons. The summed E-state index contributed by atoms with van der Waals surface area (Å²) in [7, 11) is 0. The number of amides is 1. The van der Waals surface area contributed by atoms with Crippen LogP contribution in [0.4, 0.5) is 0 Å². The number of nitrogens with one attached hydrogen (secondary N) is 1. The van der Waals surface area contributed by atoms with Crippen LogP contribution in [0.15, 0.2) is 59.5 Å². The van der Waals surface area contributed by atoms with Crippen molar-refractivity contribution < 1.29 is 14.7 Å². The Labute approximate surface area is 146 Å². The second-order valence-electron chi connectivity index (χ2n) is 5.56. The third-order valence-corrected chi connectivity index (χ3v) is 4.59. The van der Waals surface area contributed by atoms with Crippen molar-refractivity contribution in [2.24, 2.45) is 0 Å². The van der Waals surface area contributed by atoms with Gasteiger partial charge >= 0.3 is 5.97 Å². The first-order chi connectivity index (χ1) is 11.5. The maximum absolute atomic E-state index is 12.2. The minimum absolute atomic E-state index is 0.0188. The molecule has 0 heterocycles. The average Bonchev–Trinajstić information content (AvgIpc) is 2.58. The van der Waals surface area contributed by atoms with Crippen LogP contribution in [0.25, 0.3) is 0 Å². The van der Waals surface area contributed by atoms with E-state index >= 15 is 0 Å². The van der Waals surface area contributed by atoms with E-state index in [1.165, 1.54) is 17.3 Å². The number of benzene rings is 2. The van der Waals surface area contributed by atoms with E-state index in [-0.39, 0.29) is 18.4 Å². The molecule has 2 N–H and O–H groups in total. The lowest BCUT2D eigenvalue weighted by Crippen LogP contribution is -2.30. The molecule has 1 unspecified atom stereocenters. The van der Waals surface area contributed by atoms with Crippen LogP contribution in [0, 0.1) is 6.92 Å². The Balaban J connectivity index is 1.93. The van der Waals surface area contributed by atoms with Crippen LogP contribution in [-0.2, 0) is 9.59 Å². The van der Waals surface area contributed by atoms with Crippen molar-refractivity contribution in [2.45, 2.75) is 30.7 Å². The van der Waals surface area contributed by atoms with Crippen LogP contribution < -0.4 is 5.32 Å². The maximum Gasteiger partial charge on any atom is 0.303 e. The van der Waals surface area contributed by atoms with Crippen molar-refractivity contribution in [3.63, 3.8) is 0 Å². The van der Waals surface area contributed by atoms with Gasteiger partial charge in [-0.25, -0.2) is 0 Å². The van der Waals surface area contributed by atoms with Gasteiger partial charge in [0.25, 0.3) is 0 Å². The fourth-order valence-electron chi connectivity index (χ4n) is 2.29. The van der Waals surface area contributed by atoms with E-state index in [1.54, 1.807) is 0 Å². The highest BCUT2D eigenvalue weighted by molar-refractivity contribution is 8.00. The van der Waals surface area contributed by atoms with Crippen molar-refractivity contribution in [1.29, 1.82) is 0 Å². The Morgan fingerprint density at radius 1 is 1.08 bits per heavy atom. The molecule has 5 heteroatoms. The van der Waals surface area contributed by atoms with Gasteiger partial charge in [0, 0.05) is 11.3 Å². The number of carbonyl (C=O) groups is 2. The van der Waals surface area contributed by atoms with Gasteiger partial charge < -0.3 is 10.4 Å². The van der Waals surface area contributed by atoms with Crippen LogP contribution in [-0.4, -0.2) is 22.7 Å². The fraction of sp³-hybridized carbons (Fsp3) is 0.263. The maximum atomic E-state index is 12.2. The molecule has 0 fully saturated rings. The Morgan fingerprint density at radius 3 is 2.38 bits per heavy atom. The first kappa shape index (κ1) is 18.1. The summed E-state index contributed by atoms with van der Waals surface area (Å²) in [6.07, 6.45) is 0.394. The zero-order valence-electron chi connectivity index (χ0n) is 13.6. The summed E-state index contributed by atoms with van der Waals surface area (Å²) in [6.45, 7) is 2.02. The summed E-state index contributed by atoms with van der Waals surface area (Å²) < 4.78 is 0. The highest BCUT2D eigenvalue weighted by Crippen LogP contribution is 2.21. The predicted molar refractivity (Wildman–Crippen MR) is 96.1 cm³/mol. The Hall–Kier alpha value is -2.27. The van der Waals surface area contributed by atoms with Gasteiger partial charge in [0.2, 0.25) is 5.91 Å². The zero-order valence-corrected chi connectivity index (χ0v) is 14.4. The van der Waals surface area contributed by atoms with Crippen LogP contribution in [0.1, 0.15) is 30.0 Å². The molecule has 2 aromatic rings. The van der Waals surface area contributed by atoms with Gasteiger partial charge in [-0.05, 0) is 31.0 Å². The van der Waals surface area contributed by atoms with E-state index in [2.05, 4.69) is 5.32 Å². The molecule has 1 amide bonds. The monoisotopic (exact) mass is 343 g/mol. The van der Waals surface area contributed by atoms with E-state index in [9.17, 15) is 9.59 Å². The first-order valence-corrected chi connectivity index (χ1v) is 8.79. The van der Waals surface area contributed by atoms with E-state index < -0.39 is 5.97 Å². The standard InChI is InChI=1S/C19H21NO3S/c1-14-7-9-16(10-8-14)24-13-18(21)20-17(11-12-19(22)23)15-5-3-2-4-6-15/h2-10,17H,11-13H2,1H3,(H,20,21)(H,22,23). The van der Waals surface area contributed by atoms with Crippen LogP contribution in [0.5, 0.6) is 0 Å². The van der Waals surface area contributed by atoms with Crippen molar-refractivity contribution in [3.8, 4) is 0 Å². The van der Waals surface area contributed by atoms with E-state index in [4.69, 9.17) is 5.11 Å². The number of aryl methyl sites for hydroxylation is 1. The summed E-state index contributed by atoms with van der Waals surface area (Å²) in [5.41, 5.74) is 2.11. The number of carboxylic acid groups (broad SMARTS) is 1. The predicted octanol–water partition coefficient (Wildman–Crippen LogP) is 3.81. The van der Waals surface area contributed by atoms with Gasteiger partial charge in [0.1, 0.15) is 0 Å². The number of rotatable bonds is 8. The number of carboxylic acids is 1. The summed E-state index contributed by atoms with van der Waals surface area (Å²) in [5, 5.41) is 11.8. The quantitative estimate of drug-likeness (QED) is 0.715. The summed E-state index contributed by atoms with van der Waals surface area (Å²) >= 11 is 1.47. The van der Waals surface area contributed by atoms with Crippen molar-refractivity contribution in [3.05, 3.63) is 65.7 Å². The molecule has 0 spiro atoms. The number of aliphatic carboxylic acids is 1. The third kappa shape index (κ3) is 6.08. The topological polar surface area (TPSA) is 66.4 Å². The van der Waals surface area contributed by atoms with Crippen molar-refractivity contribution >= 4 is 23.6 Å². The van der Waals surface area contributed by atoms with E-state index in [1.807, 2.05) is 61.5 Å². The third-order valence-electron chi connectivity index (χ3n) is 3.57. The minimum atomic E-state index is -0.862. The molecule has 0 aliphatic rings. The normalized spacial score (nSPS) is 11.7. The molecule has 2 rings (SSSR count). The molecule has 1 atom stereocenters. The largest absolute Gasteiger partial charge is 0.481 e. The van der Waals surface area contributed by atoms with Gasteiger partial charge in [-0.3, -0.25) is 9.59 Å². The van der Waals surface area contributed by atoms with Crippen LogP contribution in [0.3, 0.4) is 0 Å². The average molecular weight is 343 g/mol. The summed E-state index contributed by atoms with van der Waals surface area (Å²) in [5.74, 6) is -0.654. The molecule has 0 aliphatic heterocycles. The molecule has 0 saturated heterocycles. The Kier molecular flexibility index (Phi) is 6.88. The smallest absolute Gasteiger partial charge is 0.303 e. The highest BCUT2D eigenvalue weighted by atomic mass is 32.2. The second kappa shape index (κ2) is 9.13. The molecular formula is C19H21NO3S. The minimum Gasteiger partial charge on any atom is -0.481 e. The second-order valence-corrected chi connectivity index (χ2v) is 6.61.